The fraction of sp³-hybridized carbons (Fsp3) is 0.0909. The van der Waals surface area contributed by atoms with E-state index in [0.717, 1.165) is 17.8 Å². The van der Waals surface area contributed by atoms with Crippen molar-refractivity contribution < 1.29 is 23.1 Å². The van der Waals surface area contributed by atoms with E-state index in [4.69, 9.17) is 25.5 Å². The van der Waals surface area contributed by atoms with E-state index in [1.807, 2.05) is 6.07 Å². The Hall–Kier alpha value is -3.43. The van der Waals surface area contributed by atoms with Gasteiger partial charge in [0.05, 0.1) is 5.02 Å². The van der Waals surface area contributed by atoms with Crippen LogP contribution in [0.4, 0.5) is 4.39 Å². The lowest BCUT2D eigenvalue weighted by atomic mass is 10.2. The predicted molar refractivity (Wildman–Crippen MR) is 116 cm³/mol. The highest BCUT2D eigenvalue weighted by molar-refractivity contribution is 8.14. The highest BCUT2D eigenvalue weighted by Crippen LogP contribution is 2.29. The highest BCUT2D eigenvalue weighted by Gasteiger charge is 2.19. The number of pyridine rings is 1. The van der Waals surface area contributed by atoms with Crippen LogP contribution in [-0.4, -0.2) is 20.3 Å². The minimum absolute atomic E-state index is 0.130. The molecule has 32 heavy (non-hydrogen) atoms. The van der Waals surface area contributed by atoms with Crippen molar-refractivity contribution >= 4 is 28.5 Å². The number of aromatic nitrogens is 3. The second-order valence-electron chi connectivity index (χ2n) is 6.44. The summed E-state index contributed by atoms with van der Waals surface area (Å²) in [5, 5.41) is 7.96. The van der Waals surface area contributed by atoms with Crippen molar-refractivity contribution in [3.63, 3.8) is 0 Å². The smallest absolute Gasteiger partial charge is 0.284 e. The van der Waals surface area contributed by atoms with E-state index in [1.165, 1.54) is 6.20 Å². The van der Waals surface area contributed by atoms with Crippen LogP contribution < -0.4 is 9.47 Å². The number of hydrogen-bond donors (Lipinski definition) is 0. The van der Waals surface area contributed by atoms with Crippen LogP contribution in [0.25, 0.3) is 0 Å². The maximum atomic E-state index is 13.8. The summed E-state index contributed by atoms with van der Waals surface area (Å²) in [5.74, 6) is 0.248. The number of hydrogen-bond acceptors (Lipinski definition) is 8. The molecule has 4 aromatic rings. The van der Waals surface area contributed by atoms with Gasteiger partial charge in [-0.15, -0.1) is 10.2 Å². The molecule has 7 nitrogen and oxygen atoms in total. The molecule has 0 fully saturated rings. The number of thioether (sulfide) groups is 1. The summed E-state index contributed by atoms with van der Waals surface area (Å²) in [6, 6.07) is 16.4. The first kappa shape index (κ1) is 21.8. The van der Waals surface area contributed by atoms with Crippen molar-refractivity contribution in [3.8, 4) is 17.4 Å². The maximum absolute atomic E-state index is 13.8. The second kappa shape index (κ2) is 9.80. The van der Waals surface area contributed by atoms with Gasteiger partial charge in [0, 0.05) is 23.5 Å². The number of benzene rings is 2. The number of carbonyl (C=O) groups is 1. The lowest BCUT2D eigenvalue weighted by Gasteiger charge is -2.11. The van der Waals surface area contributed by atoms with Gasteiger partial charge in [-0.1, -0.05) is 41.9 Å². The molecule has 0 N–H and O–H groups in total. The third-order valence-corrected chi connectivity index (χ3v) is 5.05. The molecule has 1 atom stereocenters. The fourth-order valence-electron chi connectivity index (χ4n) is 2.57. The molecule has 0 bridgehead atoms. The van der Waals surface area contributed by atoms with Crippen molar-refractivity contribution in [2.24, 2.45) is 0 Å². The normalized spacial score (nSPS) is 11.7. The van der Waals surface area contributed by atoms with Crippen molar-refractivity contribution in [1.82, 2.24) is 15.2 Å². The minimum Gasteiger partial charge on any atom is -0.481 e. The van der Waals surface area contributed by atoms with Crippen molar-refractivity contribution in [3.05, 3.63) is 89.2 Å². The van der Waals surface area contributed by atoms with Gasteiger partial charge in [-0.2, -0.15) is 0 Å². The van der Waals surface area contributed by atoms with Crippen molar-refractivity contribution in [2.75, 3.05) is 0 Å². The second-order valence-corrected chi connectivity index (χ2v) is 7.80. The highest BCUT2D eigenvalue weighted by atomic mass is 35.5. The molecule has 10 heteroatoms. The van der Waals surface area contributed by atoms with E-state index in [-0.39, 0.29) is 27.1 Å². The topological polar surface area (TPSA) is 87.3 Å². The molecule has 0 unspecified atom stereocenters. The van der Waals surface area contributed by atoms with Crippen LogP contribution in [0.5, 0.6) is 17.4 Å². The van der Waals surface area contributed by atoms with Crippen molar-refractivity contribution in [2.45, 2.75) is 18.3 Å². The molecule has 0 aliphatic rings. The van der Waals surface area contributed by atoms with Gasteiger partial charge in [-0.05, 0) is 37.3 Å². The Kier molecular flexibility index (Phi) is 6.67. The van der Waals surface area contributed by atoms with E-state index in [0.29, 0.717) is 17.1 Å². The first-order chi connectivity index (χ1) is 15.5. The Morgan fingerprint density at radius 2 is 1.81 bits per heavy atom. The first-order valence-corrected chi connectivity index (χ1v) is 10.5. The molecule has 0 radical (unpaired) electrons. The molecular formula is C22H15ClFN3O4S. The van der Waals surface area contributed by atoms with Gasteiger partial charge < -0.3 is 13.9 Å². The first-order valence-electron chi connectivity index (χ1n) is 9.34. The zero-order valence-corrected chi connectivity index (χ0v) is 18.1. The van der Waals surface area contributed by atoms with Gasteiger partial charge in [0.15, 0.2) is 11.9 Å². The minimum atomic E-state index is -0.665. The summed E-state index contributed by atoms with van der Waals surface area (Å²) in [6.45, 7) is 1.73. The maximum Gasteiger partial charge on any atom is 0.284 e. The fourth-order valence-corrected chi connectivity index (χ4v) is 3.33. The monoisotopic (exact) mass is 471 g/mol. The molecule has 0 saturated heterocycles. The molecule has 0 aliphatic heterocycles. The van der Waals surface area contributed by atoms with Crippen LogP contribution in [0.3, 0.4) is 0 Å². The summed E-state index contributed by atoms with van der Waals surface area (Å²) in [4.78, 5) is 16.1. The Balaban J connectivity index is 1.36. The largest absolute Gasteiger partial charge is 0.481 e. The Morgan fingerprint density at radius 1 is 1.09 bits per heavy atom. The van der Waals surface area contributed by atoms with Gasteiger partial charge in [0.2, 0.25) is 5.12 Å². The standard InChI is InChI=1S/C22H15ClFN3O4S/c1-13(19-26-27-22(31-19)32-21(28)14-5-3-2-4-6-14)29-16-7-9-17(10-8-16)30-20-18(24)11-15(23)12-25-20/h2-13H,1H3/t13-/m1/s1. The zero-order chi connectivity index (χ0) is 22.5. The van der Waals surface area contributed by atoms with Crippen LogP contribution >= 0.6 is 23.4 Å². The average Bonchev–Trinajstić information content (AvgIpc) is 3.26. The quantitative estimate of drug-likeness (QED) is 0.298. The van der Waals surface area contributed by atoms with Crippen LogP contribution in [0.1, 0.15) is 29.3 Å². The Bertz CT molecular complexity index is 1220. The summed E-state index contributed by atoms with van der Waals surface area (Å²) in [7, 11) is 0. The van der Waals surface area contributed by atoms with Crippen LogP contribution in [0.15, 0.2) is 76.5 Å². The van der Waals surface area contributed by atoms with Crippen molar-refractivity contribution in [1.29, 1.82) is 0 Å². The summed E-state index contributed by atoms with van der Waals surface area (Å²) >= 11 is 6.53. The predicted octanol–water partition coefficient (Wildman–Crippen LogP) is 6.12. The summed E-state index contributed by atoms with van der Waals surface area (Å²) < 4.78 is 30.6. The summed E-state index contributed by atoms with van der Waals surface area (Å²) in [6.07, 6.45) is 0.731. The molecule has 2 heterocycles. The number of rotatable bonds is 7. The zero-order valence-electron chi connectivity index (χ0n) is 16.6. The third-order valence-electron chi connectivity index (χ3n) is 4.08. The van der Waals surface area contributed by atoms with Crippen LogP contribution in [0.2, 0.25) is 5.02 Å². The van der Waals surface area contributed by atoms with Crippen LogP contribution in [0, 0.1) is 5.82 Å². The Morgan fingerprint density at radius 3 is 2.53 bits per heavy atom. The van der Waals surface area contributed by atoms with E-state index in [1.54, 1.807) is 55.5 Å². The van der Waals surface area contributed by atoms with E-state index >= 15 is 0 Å². The van der Waals surface area contributed by atoms with Gasteiger partial charge in [-0.3, -0.25) is 4.79 Å². The van der Waals surface area contributed by atoms with E-state index < -0.39 is 11.9 Å². The molecule has 0 saturated carbocycles. The Labute approximate surface area is 191 Å². The molecule has 2 aromatic carbocycles. The molecular weight excluding hydrogens is 457 g/mol. The molecule has 2 aromatic heterocycles. The lowest BCUT2D eigenvalue weighted by Crippen LogP contribution is -2.03. The number of ether oxygens (including phenoxy) is 2. The van der Waals surface area contributed by atoms with E-state index in [2.05, 4.69) is 15.2 Å². The molecule has 0 spiro atoms. The third kappa shape index (κ3) is 5.43. The number of halogens is 2. The molecule has 162 valence electrons. The van der Waals surface area contributed by atoms with Gasteiger partial charge >= 0.3 is 0 Å². The number of nitrogens with zero attached hydrogens (tertiary/aromatic N) is 3. The average molecular weight is 472 g/mol. The SMILES string of the molecule is C[C@@H](Oc1ccc(Oc2ncc(Cl)cc2F)cc1)c1nnc(SC(=O)c2ccccc2)o1. The van der Waals surface area contributed by atoms with Gasteiger partial charge in [-0.25, -0.2) is 9.37 Å². The van der Waals surface area contributed by atoms with Crippen LogP contribution in [-0.2, 0) is 0 Å². The van der Waals surface area contributed by atoms with E-state index in [9.17, 15) is 9.18 Å². The molecule has 0 amide bonds. The molecule has 4 rings (SSSR count). The van der Waals surface area contributed by atoms with Gasteiger partial charge in [0.1, 0.15) is 11.5 Å². The van der Waals surface area contributed by atoms with Gasteiger partial charge in [0.25, 0.3) is 17.0 Å². The molecule has 0 aliphatic carbocycles. The summed E-state index contributed by atoms with van der Waals surface area (Å²) in [5.41, 5.74) is 0.539. The lowest BCUT2D eigenvalue weighted by molar-refractivity contribution is 0.108. The number of carbonyl (C=O) groups excluding carboxylic acids is 1.